The molecule has 2 aliphatic rings. The summed E-state index contributed by atoms with van der Waals surface area (Å²) in [6, 6.07) is 179. The lowest BCUT2D eigenvalue weighted by Crippen LogP contribution is -2.28. The number of hydrogen-bond acceptors (Lipinski definition) is 0. The Balaban J connectivity index is 0.000000137. The van der Waals surface area contributed by atoms with Crippen LogP contribution in [-0.2, 0) is 10.8 Å². The summed E-state index contributed by atoms with van der Waals surface area (Å²) in [6.45, 7) is 0. The summed E-state index contributed by atoms with van der Waals surface area (Å²) < 4.78 is 9.67. The van der Waals surface area contributed by atoms with Crippen LogP contribution in [0.5, 0.6) is 0 Å². The fraction of sp³-hybridized carbons (Fsp3) is 0.0164. The minimum absolute atomic E-state index is 0.430. The Hall–Kier alpha value is -16.4. The predicted octanol–water partition coefficient (Wildman–Crippen LogP) is 31.2. The van der Waals surface area contributed by atoms with Gasteiger partial charge in [0.1, 0.15) is 0 Å². The zero-order valence-corrected chi connectivity index (χ0v) is 69.0. The van der Waals surface area contributed by atoms with Gasteiger partial charge in [-0.3, -0.25) is 0 Å². The highest BCUT2D eigenvalue weighted by Gasteiger charge is 2.47. The van der Waals surface area contributed by atoms with E-state index in [0.717, 1.165) is 17.1 Å². The first-order chi connectivity index (χ1) is 62.5. The number of para-hydroxylation sites is 4. The first kappa shape index (κ1) is 72.4. The molecule has 0 amide bonds. The Morgan fingerprint density at radius 1 is 0.127 bits per heavy atom. The molecule has 0 N–H and O–H groups in total. The molecule has 2 aliphatic carbocycles. The Morgan fingerprint density at radius 2 is 0.325 bits per heavy atom. The first-order valence-corrected chi connectivity index (χ1v) is 43.7. The van der Waals surface area contributed by atoms with Gasteiger partial charge in [-0.1, -0.05) is 352 Å². The van der Waals surface area contributed by atoms with Crippen LogP contribution in [0.4, 0.5) is 0 Å². The second kappa shape index (κ2) is 29.2. The van der Waals surface area contributed by atoms with Crippen LogP contribution in [0.3, 0.4) is 0 Å². The molecule has 24 aromatic rings. The maximum absolute atomic E-state index is 2.45. The van der Waals surface area contributed by atoms with Gasteiger partial charge in [-0.05, 0) is 245 Å². The molecule has 26 rings (SSSR count). The smallest absolute Gasteiger partial charge is 0.0713 e. The number of benzene rings is 20. The van der Waals surface area contributed by atoms with Crippen LogP contribution in [0.25, 0.3) is 177 Å². The van der Waals surface area contributed by atoms with Crippen molar-refractivity contribution in [3.05, 3.63) is 530 Å². The molecule has 0 fully saturated rings. The van der Waals surface area contributed by atoms with Crippen LogP contribution in [0.15, 0.2) is 485 Å². The maximum Gasteiger partial charge on any atom is 0.0713 e. The van der Waals surface area contributed by atoms with Crippen molar-refractivity contribution in [1.29, 1.82) is 0 Å². The van der Waals surface area contributed by atoms with Gasteiger partial charge >= 0.3 is 0 Å². The van der Waals surface area contributed by atoms with Crippen LogP contribution >= 0.6 is 0 Å². The zero-order chi connectivity index (χ0) is 83.0. The van der Waals surface area contributed by atoms with Crippen LogP contribution in [-0.4, -0.2) is 18.3 Å². The Kier molecular flexibility index (Phi) is 16.8. The number of aromatic nitrogens is 4. The average molecular weight is 1600 g/mol. The van der Waals surface area contributed by atoms with E-state index in [-0.39, 0.29) is 0 Å². The Labute approximate surface area is 730 Å². The summed E-state index contributed by atoms with van der Waals surface area (Å²) in [7, 11) is 0. The molecule has 20 aromatic carbocycles. The minimum Gasteiger partial charge on any atom is -0.309 e. The van der Waals surface area contributed by atoms with Crippen molar-refractivity contribution < 1.29 is 0 Å². The van der Waals surface area contributed by atoms with Gasteiger partial charge in [-0.2, -0.15) is 0 Å². The second-order valence-electron chi connectivity index (χ2n) is 33.7. The molecular formula is C122H80N4. The van der Waals surface area contributed by atoms with Gasteiger partial charge in [0.05, 0.1) is 55.0 Å². The summed E-state index contributed by atoms with van der Waals surface area (Å²) in [4.78, 5) is 0. The fourth-order valence-electron chi connectivity index (χ4n) is 21.7. The molecule has 0 saturated carbocycles. The van der Waals surface area contributed by atoms with Crippen molar-refractivity contribution in [2.24, 2.45) is 0 Å². The van der Waals surface area contributed by atoms with Gasteiger partial charge in [-0.15, -0.1) is 0 Å². The monoisotopic (exact) mass is 1600 g/mol. The lowest BCUT2D eigenvalue weighted by molar-refractivity contribution is 0.768. The summed E-state index contributed by atoms with van der Waals surface area (Å²) in [5.41, 5.74) is 38.6. The van der Waals surface area contributed by atoms with Crippen molar-refractivity contribution in [2.75, 3.05) is 0 Å². The molecule has 4 nitrogen and oxygen atoms in total. The number of fused-ring (bicyclic) bond motifs is 18. The largest absolute Gasteiger partial charge is 0.309 e. The molecule has 4 heteroatoms. The van der Waals surface area contributed by atoms with E-state index in [1.165, 1.54) is 204 Å². The summed E-state index contributed by atoms with van der Waals surface area (Å²) >= 11 is 0. The van der Waals surface area contributed by atoms with Gasteiger partial charge < -0.3 is 18.3 Å². The molecular weight excluding hydrogens is 1520 g/mol. The van der Waals surface area contributed by atoms with E-state index in [1.807, 2.05) is 0 Å². The number of nitrogens with zero attached hydrogens (tertiary/aromatic N) is 4. The predicted molar refractivity (Wildman–Crippen MR) is 527 cm³/mol. The second-order valence-corrected chi connectivity index (χ2v) is 33.7. The van der Waals surface area contributed by atoms with Gasteiger partial charge in [0.15, 0.2) is 0 Å². The summed E-state index contributed by atoms with van der Waals surface area (Å²) in [6.07, 6.45) is 0. The maximum atomic E-state index is 2.45. The van der Waals surface area contributed by atoms with E-state index in [1.54, 1.807) is 0 Å². The van der Waals surface area contributed by atoms with E-state index >= 15 is 0 Å². The summed E-state index contributed by atoms with van der Waals surface area (Å²) in [5.74, 6) is 0. The van der Waals surface area contributed by atoms with Gasteiger partial charge in [0.25, 0.3) is 0 Å². The quantitative estimate of drug-likeness (QED) is 0.116. The molecule has 4 aromatic heterocycles. The minimum atomic E-state index is -0.443. The van der Waals surface area contributed by atoms with E-state index < -0.39 is 10.8 Å². The highest BCUT2D eigenvalue weighted by Crippen LogP contribution is 2.59. The van der Waals surface area contributed by atoms with Gasteiger partial charge in [0, 0.05) is 65.8 Å². The molecule has 126 heavy (non-hydrogen) atoms. The molecule has 588 valence electrons. The van der Waals surface area contributed by atoms with Crippen molar-refractivity contribution in [2.45, 2.75) is 10.8 Å². The Morgan fingerprint density at radius 3 is 0.611 bits per heavy atom. The van der Waals surface area contributed by atoms with Gasteiger partial charge in [-0.25, -0.2) is 0 Å². The molecule has 4 heterocycles. The standard InChI is InChI=1S/2C61H40N2/c1-4-16-41(17-5-1)42-28-35-59-53(38-42)54-40-44(30-37-60(54)62(59)47-20-8-3-9-21-47)43-29-36-58-52(39-43)51-24-12-15-27-57(51)63(58)48-33-31-46(32-34-48)61(45-18-6-2-7-19-45)55-25-13-10-22-49(55)50-23-11-14-26-56(50)61;1-4-16-41(17-5-1)42-28-35-59-53(38-42)54-40-44(43-29-36-58-52(39-43)51-24-12-15-27-57(51)62(58)47-20-8-3-9-21-47)30-37-60(54)63(59)48-33-31-46(32-34-48)61(45-18-6-2-7-19-45)55-25-13-10-22-49(55)50-23-11-14-26-56(50)61/h2*1-40H. The van der Waals surface area contributed by atoms with Crippen LogP contribution in [0.2, 0.25) is 0 Å². The molecule has 0 radical (unpaired) electrons. The fourth-order valence-corrected chi connectivity index (χ4v) is 21.7. The highest BCUT2D eigenvalue weighted by molar-refractivity contribution is 6.16. The molecule has 0 spiro atoms. The van der Waals surface area contributed by atoms with Crippen molar-refractivity contribution in [1.82, 2.24) is 18.3 Å². The van der Waals surface area contributed by atoms with E-state index in [2.05, 4.69) is 504 Å². The normalized spacial score (nSPS) is 12.9. The third-order valence-electron chi connectivity index (χ3n) is 27.2. The highest BCUT2D eigenvalue weighted by atomic mass is 15.0. The summed E-state index contributed by atoms with van der Waals surface area (Å²) in [5, 5.41) is 9.95. The van der Waals surface area contributed by atoms with E-state index in [4.69, 9.17) is 0 Å². The van der Waals surface area contributed by atoms with E-state index in [9.17, 15) is 0 Å². The van der Waals surface area contributed by atoms with Crippen molar-refractivity contribution in [3.63, 3.8) is 0 Å². The lowest BCUT2D eigenvalue weighted by atomic mass is 9.68. The molecule has 0 bridgehead atoms. The molecule has 0 saturated heterocycles. The first-order valence-electron chi connectivity index (χ1n) is 43.7. The van der Waals surface area contributed by atoms with Crippen molar-refractivity contribution in [3.8, 4) is 89.5 Å². The third kappa shape index (κ3) is 11.1. The van der Waals surface area contributed by atoms with E-state index in [0.29, 0.717) is 0 Å². The number of rotatable bonds is 12. The van der Waals surface area contributed by atoms with Crippen LogP contribution in [0, 0.1) is 0 Å². The van der Waals surface area contributed by atoms with Crippen LogP contribution < -0.4 is 0 Å². The number of hydrogen-bond donors (Lipinski definition) is 0. The zero-order valence-electron chi connectivity index (χ0n) is 69.0. The van der Waals surface area contributed by atoms with Gasteiger partial charge in [0.2, 0.25) is 0 Å². The molecule has 0 aliphatic heterocycles. The topological polar surface area (TPSA) is 19.7 Å². The lowest BCUT2D eigenvalue weighted by Gasteiger charge is -2.34. The molecule has 0 unspecified atom stereocenters. The average Bonchev–Trinajstić information content (AvgIpc) is 1.51. The van der Waals surface area contributed by atoms with Crippen molar-refractivity contribution >= 4 is 87.2 Å². The third-order valence-corrected chi connectivity index (χ3v) is 27.2. The SMILES string of the molecule is c1ccc(-c2ccc3c(c2)c2cc(-c4ccc5c(c4)c4ccccc4n5-c4ccc(C5(c6ccccc6)c6ccccc6-c6ccccc65)cc4)ccc2n3-c2ccccc2)cc1.c1ccc(-c2ccc3c(c2)c2cc(-c4ccc5c(c4)c4ccccc4n5-c4ccccc4)ccc2n3-c2ccc(C3(c4ccccc4)c4ccccc4-c4ccccc43)cc2)cc1. The van der Waals surface area contributed by atoms with Crippen LogP contribution in [0.1, 0.15) is 44.5 Å². The Bertz CT molecular complexity index is 8310. The molecule has 0 atom stereocenters.